The van der Waals surface area contributed by atoms with E-state index in [0.717, 1.165) is 24.1 Å². The lowest BCUT2D eigenvalue weighted by Gasteiger charge is -2.10. The largest absolute Gasteiger partial charge is 0.326 e. The number of anilines is 1. The van der Waals surface area contributed by atoms with Gasteiger partial charge in [-0.15, -0.1) is 0 Å². The molecule has 0 aliphatic heterocycles. The van der Waals surface area contributed by atoms with Crippen molar-refractivity contribution in [1.29, 1.82) is 5.26 Å². The molecule has 0 radical (unpaired) electrons. The van der Waals surface area contributed by atoms with Gasteiger partial charge >= 0.3 is 0 Å². The van der Waals surface area contributed by atoms with E-state index in [1.807, 2.05) is 24.3 Å². The van der Waals surface area contributed by atoms with Gasteiger partial charge < -0.3 is 5.32 Å². The van der Waals surface area contributed by atoms with Crippen LogP contribution < -0.4 is 5.32 Å². The fraction of sp³-hybridized carbons (Fsp3) is 0.429. The van der Waals surface area contributed by atoms with Crippen molar-refractivity contribution >= 4 is 11.6 Å². The van der Waals surface area contributed by atoms with Crippen LogP contribution in [0.25, 0.3) is 0 Å². The van der Waals surface area contributed by atoms with Crippen molar-refractivity contribution in [3.05, 3.63) is 29.8 Å². The van der Waals surface area contributed by atoms with Gasteiger partial charge in [0.1, 0.15) is 0 Å². The summed E-state index contributed by atoms with van der Waals surface area (Å²) in [6.07, 6.45) is 4.77. The second-order valence-electron chi connectivity index (χ2n) is 4.50. The van der Waals surface area contributed by atoms with Crippen LogP contribution in [0.15, 0.2) is 24.3 Å². The van der Waals surface area contributed by atoms with E-state index in [2.05, 4.69) is 11.4 Å². The highest BCUT2D eigenvalue weighted by Gasteiger charge is 2.22. The molecule has 2 rings (SSSR count). The molecular formula is C14H16N2O. The Hall–Kier alpha value is -1.82. The maximum absolute atomic E-state index is 11.9. The predicted molar refractivity (Wildman–Crippen MR) is 66.3 cm³/mol. The van der Waals surface area contributed by atoms with Crippen LogP contribution in [0, 0.1) is 17.2 Å². The van der Waals surface area contributed by atoms with Crippen LogP contribution in [0.3, 0.4) is 0 Å². The first-order chi connectivity index (χ1) is 8.29. The number of nitrogens with zero attached hydrogens (tertiary/aromatic N) is 1. The molecule has 0 unspecified atom stereocenters. The molecule has 0 atom stereocenters. The van der Waals surface area contributed by atoms with Gasteiger partial charge in [-0.1, -0.05) is 25.0 Å². The summed E-state index contributed by atoms with van der Waals surface area (Å²) in [7, 11) is 0. The molecule has 0 saturated heterocycles. The number of rotatable bonds is 3. The van der Waals surface area contributed by atoms with Gasteiger partial charge in [0.15, 0.2) is 0 Å². The van der Waals surface area contributed by atoms with Crippen molar-refractivity contribution in [1.82, 2.24) is 0 Å². The summed E-state index contributed by atoms with van der Waals surface area (Å²) in [5.41, 5.74) is 1.80. The number of benzene rings is 1. The van der Waals surface area contributed by atoms with E-state index in [9.17, 15) is 4.79 Å². The van der Waals surface area contributed by atoms with Crippen LogP contribution in [-0.2, 0) is 11.2 Å². The van der Waals surface area contributed by atoms with Gasteiger partial charge in [0.2, 0.25) is 5.91 Å². The highest BCUT2D eigenvalue weighted by Crippen LogP contribution is 2.26. The number of nitrogens with one attached hydrogen (secondary N) is 1. The van der Waals surface area contributed by atoms with Crippen molar-refractivity contribution in [2.24, 2.45) is 5.92 Å². The molecule has 1 aromatic carbocycles. The number of carbonyl (C=O) groups is 1. The van der Waals surface area contributed by atoms with E-state index in [0.29, 0.717) is 6.42 Å². The monoisotopic (exact) mass is 228 g/mol. The molecule has 17 heavy (non-hydrogen) atoms. The molecule has 0 aromatic heterocycles. The molecule has 1 aliphatic rings. The number of hydrogen-bond acceptors (Lipinski definition) is 2. The highest BCUT2D eigenvalue weighted by atomic mass is 16.1. The summed E-state index contributed by atoms with van der Waals surface area (Å²) >= 11 is 0. The topological polar surface area (TPSA) is 52.9 Å². The molecular weight excluding hydrogens is 212 g/mol. The Balaban J connectivity index is 1.94. The third-order valence-electron chi connectivity index (χ3n) is 3.23. The lowest BCUT2D eigenvalue weighted by molar-refractivity contribution is -0.119. The smallest absolute Gasteiger partial charge is 0.227 e. The lowest BCUT2D eigenvalue weighted by Crippen LogP contribution is -2.20. The van der Waals surface area contributed by atoms with E-state index >= 15 is 0 Å². The minimum atomic E-state index is 0.135. The Kier molecular flexibility index (Phi) is 3.77. The first kappa shape index (κ1) is 11.7. The van der Waals surface area contributed by atoms with E-state index in [-0.39, 0.29) is 11.8 Å². The molecule has 0 bridgehead atoms. The van der Waals surface area contributed by atoms with Crippen molar-refractivity contribution in [3.63, 3.8) is 0 Å². The first-order valence-corrected chi connectivity index (χ1v) is 6.06. The molecule has 0 heterocycles. The molecule has 1 saturated carbocycles. The van der Waals surface area contributed by atoms with Crippen LogP contribution in [0.4, 0.5) is 5.69 Å². The van der Waals surface area contributed by atoms with E-state index in [1.165, 1.54) is 12.8 Å². The average molecular weight is 228 g/mol. The van der Waals surface area contributed by atoms with Crippen LogP contribution in [0.2, 0.25) is 0 Å². The molecule has 3 nitrogen and oxygen atoms in total. The number of nitriles is 1. The van der Waals surface area contributed by atoms with Crippen molar-refractivity contribution < 1.29 is 4.79 Å². The fourth-order valence-corrected chi connectivity index (χ4v) is 2.23. The number of hydrogen-bond donors (Lipinski definition) is 1. The summed E-state index contributed by atoms with van der Waals surface area (Å²) in [5.74, 6) is 0.323. The van der Waals surface area contributed by atoms with Crippen LogP contribution >= 0.6 is 0 Å². The van der Waals surface area contributed by atoms with Gasteiger partial charge in [0.25, 0.3) is 0 Å². The SMILES string of the molecule is N#CCc1ccc(NC(=O)C2CCCC2)cc1. The van der Waals surface area contributed by atoms with Gasteiger partial charge in [-0.2, -0.15) is 5.26 Å². The quantitative estimate of drug-likeness (QED) is 0.864. The molecule has 88 valence electrons. The zero-order valence-corrected chi connectivity index (χ0v) is 9.78. The van der Waals surface area contributed by atoms with E-state index in [4.69, 9.17) is 5.26 Å². The van der Waals surface area contributed by atoms with Gasteiger partial charge in [-0.05, 0) is 30.5 Å². The molecule has 3 heteroatoms. The Morgan fingerprint density at radius 1 is 1.29 bits per heavy atom. The zero-order valence-electron chi connectivity index (χ0n) is 9.78. The van der Waals surface area contributed by atoms with E-state index < -0.39 is 0 Å². The number of amides is 1. The standard InChI is InChI=1S/C14H16N2O/c15-10-9-11-5-7-13(8-6-11)16-14(17)12-3-1-2-4-12/h5-8,12H,1-4,9H2,(H,16,17). The van der Waals surface area contributed by atoms with Gasteiger partial charge in [0, 0.05) is 11.6 Å². The van der Waals surface area contributed by atoms with Crippen LogP contribution in [0.1, 0.15) is 31.2 Å². The molecule has 1 amide bonds. The van der Waals surface area contributed by atoms with Gasteiger partial charge in [-0.3, -0.25) is 4.79 Å². The van der Waals surface area contributed by atoms with E-state index in [1.54, 1.807) is 0 Å². The maximum Gasteiger partial charge on any atom is 0.227 e. The second kappa shape index (κ2) is 5.49. The minimum Gasteiger partial charge on any atom is -0.326 e. The zero-order chi connectivity index (χ0) is 12.1. The third kappa shape index (κ3) is 3.07. The summed E-state index contributed by atoms with van der Waals surface area (Å²) in [4.78, 5) is 11.9. The Labute approximate surface area is 101 Å². The molecule has 1 aliphatic carbocycles. The predicted octanol–water partition coefficient (Wildman–Crippen LogP) is 2.88. The number of carbonyl (C=O) groups excluding carboxylic acids is 1. The Morgan fingerprint density at radius 3 is 2.53 bits per heavy atom. The van der Waals surface area contributed by atoms with Gasteiger partial charge in [-0.25, -0.2) is 0 Å². The third-order valence-corrected chi connectivity index (χ3v) is 3.23. The fourth-order valence-electron chi connectivity index (χ4n) is 2.23. The summed E-state index contributed by atoms with van der Waals surface area (Å²) < 4.78 is 0. The molecule has 0 spiro atoms. The Bertz CT molecular complexity index is 425. The van der Waals surface area contributed by atoms with Crippen molar-refractivity contribution in [3.8, 4) is 6.07 Å². The minimum absolute atomic E-state index is 0.135. The van der Waals surface area contributed by atoms with Crippen LogP contribution in [-0.4, -0.2) is 5.91 Å². The van der Waals surface area contributed by atoms with Gasteiger partial charge in [0.05, 0.1) is 12.5 Å². The van der Waals surface area contributed by atoms with Crippen molar-refractivity contribution in [2.45, 2.75) is 32.1 Å². The second-order valence-corrected chi connectivity index (χ2v) is 4.50. The first-order valence-electron chi connectivity index (χ1n) is 6.06. The summed E-state index contributed by atoms with van der Waals surface area (Å²) in [6, 6.07) is 9.59. The average Bonchev–Trinajstić information content (AvgIpc) is 2.86. The molecule has 1 aromatic rings. The lowest BCUT2D eigenvalue weighted by atomic mass is 10.1. The Morgan fingerprint density at radius 2 is 1.94 bits per heavy atom. The summed E-state index contributed by atoms with van der Waals surface area (Å²) in [6.45, 7) is 0. The molecule has 1 fully saturated rings. The molecule has 1 N–H and O–H groups in total. The van der Waals surface area contributed by atoms with Crippen LogP contribution in [0.5, 0.6) is 0 Å². The highest BCUT2D eigenvalue weighted by molar-refractivity contribution is 5.92. The van der Waals surface area contributed by atoms with Crippen molar-refractivity contribution in [2.75, 3.05) is 5.32 Å². The normalized spacial score (nSPS) is 15.5. The maximum atomic E-state index is 11.9. The summed E-state index contributed by atoms with van der Waals surface area (Å²) in [5, 5.41) is 11.5.